The monoisotopic (exact) mass is 404 g/mol. The molecule has 1 unspecified atom stereocenters. The smallest absolute Gasteiger partial charge is 0.287 e. The molecule has 1 aromatic carbocycles. The van der Waals surface area contributed by atoms with Gasteiger partial charge >= 0.3 is 5.91 Å². The fraction of sp³-hybridized carbons (Fsp3) is 0.462. The average molecular weight is 405 g/mol. The maximum atomic E-state index is 13.2. The first-order valence-corrected chi connectivity index (χ1v) is 10.8. The van der Waals surface area contributed by atoms with E-state index >= 15 is 0 Å². The Morgan fingerprint density at radius 1 is 1.20 bits per heavy atom. The Hall–Kier alpha value is -2.62. The van der Waals surface area contributed by atoms with Crippen LogP contribution in [0.5, 0.6) is 0 Å². The molecule has 1 aromatic rings. The van der Waals surface area contributed by atoms with E-state index in [0.29, 0.717) is 11.3 Å². The second-order valence-electron chi connectivity index (χ2n) is 10.4. The molecule has 1 atom stereocenters. The Morgan fingerprint density at radius 3 is 2.57 bits per heavy atom. The second kappa shape index (κ2) is 6.69. The van der Waals surface area contributed by atoms with E-state index in [1.54, 1.807) is 9.15 Å². The zero-order valence-corrected chi connectivity index (χ0v) is 18.7. The van der Waals surface area contributed by atoms with Gasteiger partial charge < -0.3 is 0 Å². The van der Waals surface area contributed by atoms with Crippen LogP contribution in [0.3, 0.4) is 0 Å². The van der Waals surface area contributed by atoms with Crippen LogP contribution < -0.4 is 0 Å². The summed E-state index contributed by atoms with van der Waals surface area (Å²) in [6.45, 7) is 20.7. The van der Waals surface area contributed by atoms with Crippen LogP contribution >= 0.6 is 0 Å². The van der Waals surface area contributed by atoms with E-state index in [1.807, 2.05) is 32.0 Å². The normalized spacial score (nSPS) is 24.5. The van der Waals surface area contributed by atoms with Crippen molar-refractivity contribution < 1.29 is 18.7 Å². The van der Waals surface area contributed by atoms with E-state index in [2.05, 4.69) is 33.9 Å². The second-order valence-corrected chi connectivity index (χ2v) is 10.4. The van der Waals surface area contributed by atoms with Gasteiger partial charge in [0.15, 0.2) is 6.04 Å². The van der Waals surface area contributed by atoms with Crippen LogP contribution in [0.1, 0.15) is 75.7 Å². The lowest BCUT2D eigenvalue weighted by molar-refractivity contribution is -0.466. The Labute approximate surface area is 179 Å². The molecule has 4 nitrogen and oxygen atoms in total. The summed E-state index contributed by atoms with van der Waals surface area (Å²) in [6, 6.07) is 5.77. The molecule has 0 aromatic heterocycles. The van der Waals surface area contributed by atoms with Gasteiger partial charge in [-0.05, 0) is 36.8 Å². The third-order valence-electron chi connectivity index (χ3n) is 6.99. The van der Waals surface area contributed by atoms with Crippen molar-refractivity contribution in [2.75, 3.05) is 0 Å². The van der Waals surface area contributed by atoms with Crippen molar-refractivity contribution in [3.8, 4) is 0 Å². The van der Waals surface area contributed by atoms with Crippen LogP contribution in [-0.2, 0) is 4.79 Å². The number of rotatable bonds is 2. The van der Waals surface area contributed by atoms with E-state index in [1.165, 1.54) is 5.57 Å². The molecule has 0 saturated heterocycles. The highest BCUT2D eigenvalue weighted by molar-refractivity contribution is 6.09. The lowest BCUT2D eigenvalue weighted by atomic mass is 9.62. The Balaban J connectivity index is 1.75. The summed E-state index contributed by atoms with van der Waals surface area (Å²) in [5.74, 6) is 0.0397. The predicted octanol–water partition coefficient (Wildman–Crippen LogP) is 5.13. The quantitative estimate of drug-likeness (QED) is 0.389. The maximum Gasteiger partial charge on any atom is 0.419 e. The molecule has 2 aliphatic carbocycles. The van der Waals surface area contributed by atoms with Crippen molar-refractivity contribution in [3.05, 3.63) is 47.2 Å². The van der Waals surface area contributed by atoms with Crippen molar-refractivity contribution in [2.45, 2.75) is 65.8 Å². The molecular weight excluding hydrogens is 372 g/mol. The molecule has 4 rings (SSSR count). The molecule has 30 heavy (non-hydrogen) atoms. The molecular formula is C26H32N2O2+2. The van der Waals surface area contributed by atoms with Gasteiger partial charge in [-0.25, -0.2) is 4.79 Å². The van der Waals surface area contributed by atoms with Gasteiger partial charge in [-0.15, -0.1) is 0 Å². The van der Waals surface area contributed by atoms with Gasteiger partial charge in [-0.1, -0.05) is 39.8 Å². The molecule has 1 amide bonds. The highest BCUT2D eigenvalue weighted by Gasteiger charge is 2.54. The minimum Gasteiger partial charge on any atom is -0.287 e. The van der Waals surface area contributed by atoms with Crippen LogP contribution in [-0.4, -0.2) is 40.3 Å². The molecule has 0 bridgehead atoms. The summed E-state index contributed by atoms with van der Waals surface area (Å²) in [6.07, 6.45) is 4.62. The van der Waals surface area contributed by atoms with Crippen LogP contribution in [0.4, 0.5) is 5.69 Å². The number of hydrogen-bond acceptors (Lipinski definition) is 2. The Kier molecular flexibility index (Phi) is 4.61. The molecule has 0 radical (unpaired) electrons. The number of Topliss-reactive ketones (excluding diaryl/α,β-unsaturated/α-hetero) is 1. The van der Waals surface area contributed by atoms with Crippen molar-refractivity contribution in [2.24, 2.45) is 10.8 Å². The summed E-state index contributed by atoms with van der Waals surface area (Å²) in [7, 11) is 0. The molecule has 3 aliphatic rings. The molecule has 156 valence electrons. The molecule has 0 N–H and O–H groups in total. The number of allylic oxidation sites excluding steroid dienone is 2. The third-order valence-corrected chi connectivity index (χ3v) is 6.99. The van der Waals surface area contributed by atoms with Crippen molar-refractivity contribution in [1.29, 1.82) is 0 Å². The van der Waals surface area contributed by atoms with E-state index in [9.17, 15) is 9.59 Å². The minimum atomic E-state index is -0.438. The standard InChI is InChI=1S/C26H32N2O2/c1-16-9-8-10-18(13-16)27(6)24(30)17-11-12-20-19(14-17)21-22(28(20)7)23(29)26(4,5)15-25(21,2)3/h11-12,14,18H,1,6-10,13,15H2,2-5H3/q+2. The highest BCUT2D eigenvalue weighted by Crippen LogP contribution is 2.56. The zero-order valence-electron chi connectivity index (χ0n) is 18.7. The molecule has 1 saturated carbocycles. The molecule has 0 spiro atoms. The first-order chi connectivity index (χ1) is 13.9. The molecule has 1 heterocycles. The number of nitrogens with zero attached hydrogens (tertiary/aromatic N) is 2. The topological polar surface area (TPSA) is 40.2 Å². The van der Waals surface area contributed by atoms with Crippen LogP contribution in [0, 0.1) is 10.8 Å². The largest absolute Gasteiger partial charge is 0.419 e. The van der Waals surface area contributed by atoms with Crippen molar-refractivity contribution in [1.82, 2.24) is 0 Å². The van der Waals surface area contributed by atoms with Gasteiger partial charge in [0.2, 0.25) is 11.5 Å². The van der Waals surface area contributed by atoms with Crippen LogP contribution in [0.25, 0.3) is 5.57 Å². The summed E-state index contributed by atoms with van der Waals surface area (Å²) in [4.78, 5) is 26.5. The SMILES string of the molecule is C=C1CCCC([N+](=C)C(=O)c2ccc3c(c2)C2=C(C(=O)C(C)(C)CC2(C)C)[N+]3=C)C1. The van der Waals surface area contributed by atoms with Gasteiger partial charge in [-0.2, -0.15) is 9.15 Å². The van der Waals surface area contributed by atoms with Gasteiger partial charge in [0.25, 0.3) is 5.70 Å². The summed E-state index contributed by atoms with van der Waals surface area (Å²) >= 11 is 0. The third kappa shape index (κ3) is 3.05. The Bertz CT molecular complexity index is 1070. The van der Waals surface area contributed by atoms with E-state index in [4.69, 9.17) is 0 Å². The van der Waals surface area contributed by atoms with Gasteiger partial charge in [0.05, 0.1) is 11.1 Å². The molecule has 1 aliphatic heterocycles. The first kappa shape index (κ1) is 20.6. The van der Waals surface area contributed by atoms with Gasteiger partial charge in [0, 0.05) is 29.9 Å². The van der Waals surface area contributed by atoms with Gasteiger partial charge in [0.1, 0.15) is 13.4 Å². The lowest BCUT2D eigenvalue weighted by Crippen LogP contribution is -2.39. The summed E-state index contributed by atoms with van der Waals surface area (Å²) in [5, 5.41) is 0. The predicted molar refractivity (Wildman–Crippen MR) is 121 cm³/mol. The fourth-order valence-electron chi connectivity index (χ4n) is 5.73. The molecule has 1 fully saturated rings. The number of carbonyl (C=O) groups excluding carboxylic acids is 2. The number of hydrogen-bond donors (Lipinski definition) is 0. The Morgan fingerprint density at radius 2 is 1.90 bits per heavy atom. The first-order valence-electron chi connectivity index (χ1n) is 10.8. The van der Waals surface area contributed by atoms with Crippen LogP contribution in [0.15, 0.2) is 36.0 Å². The van der Waals surface area contributed by atoms with Crippen molar-refractivity contribution >= 4 is 36.4 Å². The number of fused-ring (bicyclic) bond motifs is 2. The fourth-order valence-corrected chi connectivity index (χ4v) is 5.73. The summed E-state index contributed by atoms with van der Waals surface area (Å²) in [5.41, 5.74) is 4.68. The maximum absolute atomic E-state index is 13.2. The average Bonchev–Trinajstić information content (AvgIpc) is 2.97. The zero-order chi connectivity index (χ0) is 22.0. The van der Waals surface area contributed by atoms with Crippen molar-refractivity contribution in [3.63, 3.8) is 0 Å². The highest BCUT2D eigenvalue weighted by atomic mass is 16.2. The minimum absolute atomic E-state index is 0.0811. The number of carbonyl (C=O) groups is 2. The van der Waals surface area contributed by atoms with E-state index in [0.717, 1.165) is 48.9 Å². The van der Waals surface area contributed by atoms with E-state index in [-0.39, 0.29) is 23.1 Å². The summed E-state index contributed by atoms with van der Waals surface area (Å²) < 4.78 is 3.38. The van der Waals surface area contributed by atoms with Crippen LogP contribution in [0.2, 0.25) is 0 Å². The van der Waals surface area contributed by atoms with E-state index < -0.39 is 5.41 Å². The number of ketones is 1. The number of benzene rings is 1. The lowest BCUT2D eigenvalue weighted by Gasteiger charge is -2.38. The number of amides is 1. The molecule has 4 heteroatoms. The van der Waals surface area contributed by atoms with Gasteiger partial charge in [-0.3, -0.25) is 4.79 Å².